The highest BCUT2D eigenvalue weighted by atomic mass is 32.2. The Morgan fingerprint density at radius 1 is 1.44 bits per heavy atom. The molecule has 0 aromatic carbocycles. The molecule has 1 unspecified atom stereocenters. The molecule has 0 rings (SSSR count). The molecule has 2 heteroatoms. The lowest BCUT2D eigenvalue weighted by atomic mass is 10.2. The smallest absolute Gasteiger partial charge is 0.0810 e. The highest BCUT2D eigenvalue weighted by Crippen LogP contribution is 2.17. The van der Waals surface area contributed by atoms with Crippen LogP contribution in [0.1, 0.15) is 20.8 Å². The van der Waals surface area contributed by atoms with Crippen molar-refractivity contribution in [3.05, 3.63) is 0 Å². The lowest BCUT2D eigenvalue weighted by molar-refractivity contribution is 0.643. The van der Waals surface area contributed by atoms with Crippen LogP contribution in [0.2, 0.25) is 0 Å². The van der Waals surface area contributed by atoms with Gasteiger partial charge in [-0.1, -0.05) is 20.8 Å². The largest absolute Gasteiger partial charge is 0.197 e. The van der Waals surface area contributed by atoms with E-state index < -0.39 is 0 Å². The van der Waals surface area contributed by atoms with Gasteiger partial charge in [-0.15, -0.1) is 11.8 Å². The van der Waals surface area contributed by atoms with E-state index in [0.717, 1.165) is 0 Å². The van der Waals surface area contributed by atoms with Gasteiger partial charge in [0.05, 0.1) is 11.8 Å². The lowest BCUT2D eigenvalue weighted by Crippen LogP contribution is -2.05. The predicted molar refractivity (Wildman–Crippen MR) is 42.4 cm³/mol. The molecule has 0 fully saturated rings. The highest BCUT2D eigenvalue weighted by molar-refractivity contribution is 8.00. The first-order chi connectivity index (χ1) is 4.18. The molecule has 0 N–H and O–H groups in total. The van der Waals surface area contributed by atoms with Crippen molar-refractivity contribution in [2.75, 3.05) is 5.75 Å². The summed E-state index contributed by atoms with van der Waals surface area (Å²) in [7, 11) is 0. The normalized spacial score (nSPS) is 13.2. The van der Waals surface area contributed by atoms with E-state index in [0.29, 0.717) is 16.9 Å². The lowest BCUT2D eigenvalue weighted by Gasteiger charge is -2.11. The van der Waals surface area contributed by atoms with Crippen LogP contribution in [0.5, 0.6) is 0 Å². The van der Waals surface area contributed by atoms with E-state index in [1.54, 1.807) is 11.8 Å². The van der Waals surface area contributed by atoms with Crippen molar-refractivity contribution in [3.8, 4) is 6.07 Å². The Kier molecular flexibility index (Phi) is 4.61. The Morgan fingerprint density at radius 3 is 2.33 bits per heavy atom. The van der Waals surface area contributed by atoms with Crippen LogP contribution in [0.4, 0.5) is 0 Å². The zero-order chi connectivity index (χ0) is 7.28. The van der Waals surface area contributed by atoms with Crippen LogP contribution in [0, 0.1) is 17.2 Å². The van der Waals surface area contributed by atoms with Crippen LogP contribution in [0.25, 0.3) is 0 Å². The van der Waals surface area contributed by atoms with Crippen molar-refractivity contribution in [1.82, 2.24) is 0 Å². The zero-order valence-electron chi connectivity index (χ0n) is 6.22. The maximum atomic E-state index is 8.23. The van der Waals surface area contributed by atoms with Crippen LogP contribution in [-0.4, -0.2) is 11.0 Å². The van der Waals surface area contributed by atoms with E-state index in [-0.39, 0.29) is 0 Å². The SMILES string of the molecule is CC(C)C(C)SCC#N. The van der Waals surface area contributed by atoms with Gasteiger partial charge in [0.25, 0.3) is 0 Å². The van der Waals surface area contributed by atoms with Crippen molar-refractivity contribution < 1.29 is 0 Å². The second kappa shape index (κ2) is 4.69. The van der Waals surface area contributed by atoms with Gasteiger partial charge in [-0.25, -0.2) is 0 Å². The van der Waals surface area contributed by atoms with Gasteiger partial charge < -0.3 is 0 Å². The summed E-state index contributed by atoms with van der Waals surface area (Å²) in [6, 6.07) is 2.12. The maximum absolute atomic E-state index is 8.23. The molecule has 0 saturated heterocycles. The summed E-state index contributed by atoms with van der Waals surface area (Å²) >= 11 is 1.72. The second-order valence-corrected chi connectivity index (χ2v) is 3.78. The number of hydrogen-bond donors (Lipinski definition) is 0. The summed E-state index contributed by atoms with van der Waals surface area (Å²) in [5.74, 6) is 1.31. The Balaban J connectivity index is 3.29. The van der Waals surface area contributed by atoms with Gasteiger partial charge >= 0.3 is 0 Å². The van der Waals surface area contributed by atoms with Gasteiger partial charge in [0.15, 0.2) is 0 Å². The molecule has 0 spiro atoms. The number of nitrogens with zero attached hydrogens (tertiary/aromatic N) is 1. The van der Waals surface area contributed by atoms with E-state index in [9.17, 15) is 0 Å². The van der Waals surface area contributed by atoms with E-state index in [1.807, 2.05) is 0 Å². The average molecular weight is 143 g/mol. The van der Waals surface area contributed by atoms with Crippen LogP contribution in [0.3, 0.4) is 0 Å². The molecule has 0 aliphatic rings. The van der Waals surface area contributed by atoms with Gasteiger partial charge in [0.2, 0.25) is 0 Å². The van der Waals surface area contributed by atoms with Gasteiger partial charge in [0, 0.05) is 5.25 Å². The van der Waals surface area contributed by atoms with E-state index >= 15 is 0 Å². The third-order valence-electron chi connectivity index (χ3n) is 1.35. The highest BCUT2D eigenvalue weighted by Gasteiger charge is 2.05. The summed E-state index contributed by atoms with van der Waals surface area (Å²) in [4.78, 5) is 0. The van der Waals surface area contributed by atoms with Crippen molar-refractivity contribution in [2.24, 2.45) is 5.92 Å². The summed E-state index contributed by atoms with van der Waals surface area (Å²) in [6.45, 7) is 6.51. The standard InChI is InChI=1S/C7H13NS/c1-6(2)7(3)9-5-4-8/h6-7H,5H2,1-3H3. The molecule has 0 aliphatic heterocycles. The summed E-state index contributed by atoms with van der Waals surface area (Å²) in [5, 5.41) is 8.84. The van der Waals surface area contributed by atoms with Crippen LogP contribution in [0.15, 0.2) is 0 Å². The Bertz CT molecular complexity index is 104. The number of rotatable bonds is 3. The molecule has 0 radical (unpaired) electrons. The molecule has 1 nitrogen and oxygen atoms in total. The Morgan fingerprint density at radius 2 is 2.00 bits per heavy atom. The monoisotopic (exact) mass is 143 g/mol. The third-order valence-corrected chi connectivity index (χ3v) is 2.72. The molecule has 0 bridgehead atoms. The fourth-order valence-electron chi connectivity index (χ4n) is 0.361. The zero-order valence-corrected chi connectivity index (χ0v) is 7.03. The minimum Gasteiger partial charge on any atom is -0.197 e. The van der Waals surface area contributed by atoms with Crippen LogP contribution in [-0.2, 0) is 0 Å². The molecule has 0 saturated carbocycles. The summed E-state index contributed by atoms with van der Waals surface area (Å²) in [5.41, 5.74) is 0. The maximum Gasteiger partial charge on any atom is 0.0810 e. The summed E-state index contributed by atoms with van der Waals surface area (Å²) < 4.78 is 0. The van der Waals surface area contributed by atoms with E-state index in [1.165, 1.54) is 0 Å². The number of nitriles is 1. The Hall–Kier alpha value is -0.160. The molecule has 0 aromatic rings. The van der Waals surface area contributed by atoms with Crippen molar-refractivity contribution in [2.45, 2.75) is 26.0 Å². The molecule has 52 valence electrons. The molecular formula is C7H13NS. The molecule has 9 heavy (non-hydrogen) atoms. The van der Waals surface area contributed by atoms with Crippen LogP contribution >= 0.6 is 11.8 Å². The fraction of sp³-hybridized carbons (Fsp3) is 0.857. The third kappa shape index (κ3) is 4.35. The van der Waals surface area contributed by atoms with Crippen LogP contribution < -0.4 is 0 Å². The first kappa shape index (κ1) is 8.84. The van der Waals surface area contributed by atoms with E-state index in [4.69, 9.17) is 5.26 Å². The van der Waals surface area contributed by atoms with Gasteiger partial charge in [-0.2, -0.15) is 5.26 Å². The molecule has 0 heterocycles. The summed E-state index contributed by atoms with van der Waals surface area (Å²) in [6.07, 6.45) is 0. The number of hydrogen-bond acceptors (Lipinski definition) is 2. The first-order valence-electron chi connectivity index (χ1n) is 3.17. The van der Waals surface area contributed by atoms with Crippen molar-refractivity contribution in [3.63, 3.8) is 0 Å². The molecule has 1 atom stereocenters. The molecule has 0 aromatic heterocycles. The number of thioether (sulfide) groups is 1. The first-order valence-corrected chi connectivity index (χ1v) is 4.22. The molecular weight excluding hydrogens is 130 g/mol. The average Bonchev–Trinajstić information content (AvgIpc) is 1.82. The minimum absolute atomic E-state index is 0.615. The van der Waals surface area contributed by atoms with Gasteiger partial charge in [0.1, 0.15) is 0 Å². The molecule has 0 aliphatic carbocycles. The van der Waals surface area contributed by atoms with E-state index in [2.05, 4.69) is 26.8 Å². The molecule has 0 amide bonds. The van der Waals surface area contributed by atoms with Crippen molar-refractivity contribution in [1.29, 1.82) is 5.26 Å². The van der Waals surface area contributed by atoms with Gasteiger partial charge in [-0.05, 0) is 5.92 Å². The topological polar surface area (TPSA) is 23.8 Å². The second-order valence-electron chi connectivity index (χ2n) is 2.42. The minimum atomic E-state index is 0.615. The predicted octanol–water partition coefficient (Wildman–Crippen LogP) is 2.29. The van der Waals surface area contributed by atoms with Gasteiger partial charge in [-0.3, -0.25) is 0 Å². The Labute approximate surface area is 61.4 Å². The quantitative estimate of drug-likeness (QED) is 0.605. The fourth-order valence-corrected chi connectivity index (χ4v) is 1.08. The van der Waals surface area contributed by atoms with Crippen molar-refractivity contribution >= 4 is 11.8 Å².